The Bertz CT molecular complexity index is 921. The van der Waals surface area contributed by atoms with Crippen molar-refractivity contribution in [3.05, 3.63) is 53.6 Å². The molecule has 0 radical (unpaired) electrons. The summed E-state index contributed by atoms with van der Waals surface area (Å²) in [5.41, 5.74) is 0.938. The molecule has 1 amide bonds. The highest BCUT2D eigenvalue weighted by Gasteiger charge is 2.23. The van der Waals surface area contributed by atoms with Crippen LogP contribution in [0.5, 0.6) is 23.0 Å². The van der Waals surface area contributed by atoms with Crippen LogP contribution in [0.2, 0.25) is 0 Å². The summed E-state index contributed by atoms with van der Waals surface area (Å²) in [6.07, 6.45) is 1.29. The molecular weight excluding hydrogens is 378 g/mol. The summed E-state index contributed by atoms with van der Waals surface area (Å²) in [7, 11) is 0. The third-order valence-corrected chi connectivity index (χ3v) is 3.85. The minimum absolute atomic E-state index is 0.00797. The van der Waals surface area contributed by atoms with Crippen LogP contribution >= 0.6 is 0 Å². The summed E-state index contributed by atoms with van der Waals surface area (Å²) in [5.74, 6) is -2.55. The molecule has 0 heterocycles. The lowest BCUT2D eigenvalue weighted by Gasteiger charge is -2.18. The minimum Gasteiger partial charge on any atom is -0.504 e. The number of nitrogens with one attached hydrogen (secondary N) is 1. The first-order chi connectivity index (χ1) is 13.7. The van der Waals surface area contributed by atoms with Crippen LogP contribution in [-0.2, 0) is 20.7 Å². The van der Waals surface area contributed by atoms with E-state index < -0.39 is 18.0 Å². The minimum atomic E-state index is -1.16. The molecule has 0 fully saturated rings. The number of hydrogen-bond donors (Lipinski definition) is 5. The number of ether oxygens (including phenoxy) is 1. The number of aromatic hydroxyl groups is 4. The molecule has 0 aromatic heterocycles. The molecule has 0 aliphatic carbocycles. The molecule has 8 heteroatoms. The lowest BCUT2D eigenvalue weighted by Crippen LogP contribution is -2.42. The second-order valence-electron chi connectivity index (χ2n) is 6.70. The van der Waals surface area contributed by atoms with Gasteiger partial charge in [0, 0.05) is 18.5 Å². The van der Waals surface area contributed by atoms with Crippen molar-refractivity contribution in [2.45, 2.75) is 32.4 Å². The van der Waals surface area contributed by atoms with Crippen molar-refractivity contribution >= 4 is 18.0 Å². The van der Waals surface area contributed by atoms with Gasteiger partial charge >= 0.3 is 5.97 Å². The number of esters is 1. The highest BCUT2D eigenvalue weighted by Crippen LogP contribution is 2.26. The Hall–Kier alpha value is -3.68. The predicted octanol–water partition coefficient (Wildman–Crippen LogP) is 2.20. The largest absolute Gasteiger partial charge is 0.504 e. The molecule has 154 valence electrons. The van der Waals surface area contributed by atoms with Crippen molar-refractivity contribution < 1.29 is 34.8 Å². The number of phenols is 4. The molecule has 2 rings (SSSR count). The zero-order chi connectivity index (χ0) is 21.6. The van der Waals surface area contributed by atoms with Gasteiger partial charge in [-0.2, -0.15) is 0 Å². The van der Waals surface area contributed by atoms with Gasteiger partial charge in [-0.05, 0) is 55.3 Å². The molecule has 2 aromatic rings. The van der Waals surface area contributed by atoms with Gasteiger partial charge in [0.05, 0.1) is 0 Å². The number of hydrogen-bond acceptors (Lipinski definition) is 7. The van der Waals surface area contributed by atoms with Crippen molar-refractivity contribution in [1.82, 2.24) is 5.32 Å². The lowest BCUT2D eigenvalue weighted by atomic mass is 10.1. The van der Waals surface area contributed by atoms with E-state index in [1.807, 2.05) is 0 Å². The Kier molecular flexibility index (Phi) is 7.08. The van der Waals surface area contributed by atoms with E-state index in [0.717, 1.165) is 6.08 Å². The summed E-state index contributed by atoms with van der Waals surface area (Å²) in [6.45, 7) is 3.53. The first kappa shape index (κ1) is 21.6. The van der Waals surface area contributed by atoms with Gasteiger partial charge in [0.25, 0.3) is 5.91 Å². The van der Waals surface area contributed by atoms with E-state index in [1.165, 1.54) is 42.5 Å². The van der Waals surface area contributed by atoms with Crippen LogP contribution in [0, 0.1) is 0 Å². The van der Waals surface area contributed by atoms with E-state index in [-0.39, 0.29) is 35.5 Å². The van der Waals surface area contributed by atoms with Gasteiger partial charge in [0.2, 0.25) is 0 Å². The van der Waals surface area contributed by atoms with Gasteiger partial charge < -0.3 is 30.5 Å². The molecular formula is C21H23NO7. The second-order valence-corrected chi connectivity index (χ2v) is 6.70. The summed E-state index contributed by atoms with van der Waals surface area (Å²) in [5, 5.41) is 40.5. The number of rotatable bonds is 7. The molecule has 0 spiro atoms. The SMILES string of the molecule is CC(C)NC(=O)[C@@H](Cc1ccc(O)c(O)c1)OC(=O)/C=C/c1ccc(O)c(O)c1. The first-order valence-corrected chi connectivity index (χ1v) is 8.87. The molecule has 1 atom stereocenters. The average Bonchev–Trinajstić information content (AvgIpc) is 2.64. The molecule has 5 N–H and O–H groups in total. The van der Waals surface area contributed by atoms with E-state index in [4.69, 9.17) is 4.74 Å². The van der Waals surface area contributed by atoms with E-state index in [1.54, 1.807) is 13.8 Å². The van der Waals surface area contributed by atoms with E-state index >= 15 is 0 Å². The van der Waals surface area contributed by atoms with Crippen molar-refractivity contribution in [2.24, 2.45) is 0 Å². The topological polar surface area (TPSA) is 136 Å². The van der Waals surface area contributed by atoms with E-state index in [0.29, 0.717) is 11.1 Å². The second kappa shape index (κ2) is 9.50. The fourth-order valence-corrected chi connectivity index (χ4v) is 2.46. The molecule has 0 unspecified atom stereocenters. The molecule has 0 aliphatic rings. The van der Waals surface area contributed by atoms with Crippen molar-refractivity contribution in [2.75, 3.05) is 0 Å². The fraction of sp³-hybridized carbons (Fsp3) is 0.238. The van der Waals surface area contributed by atoms with Crippen LogP contribution in [0.4, 0.5) is 0 Å². The van der Waals surface area contributed by atoms with Crippen LogP contribution in [0.3, 0.4) is 0 Å². The molecule has 29 heavy (non-hydrogen) atoms. The maximum Gasteiger partial charge on any atom is 0.331 e. The number of benzene rings is 2. The Labute approximate surface area is 167 Å². The standard InChI is InChI=1S/C21H23NO7/c1-12(2)22-21(28)19(11-14-4-7-16(24)18(26)10-14)29-20(27)8-5-13-3-6-15(23)17(25)9-13/h3-10,12,19,23-26H,11H2,1-2H3,(H,22,28)/b8-5+/t19-/m1/s1. The van der Waals surface area contributed by atoms with Gasteiger partial charge in [0.15, 0.2) is 29.1 Å². The fourth-order valence-electron chi connectivity index (χ4n) is 2.46. The summed E-state index contributed by atoms with van der Waals surface area (Å²) >= 11 is 0. The van der Waals surface area contributed by atoms with Gasteiger partial charge in [-0.3, -0.25) is 4.79 Å². The summed E-state index contributed by atoms with van der Waals surface area (Å²) in [4.78, 5) is 24.6. The first-order valence-electron chi connectivity index (χ1n) is 8.87. The van der Waals surface area contributed by atoms with Crippen LogP contribution in [0.15, 0.2) is 42.5 Å². The van der Waals surface area contributed by atoms with Crippen molar-refractivity contribution in [3.8, 4) is 23.0 Å². The van der Waals surface area contributed by atoms with Crippen LogP contribution in [0.1, 0.15) is 25.0 Å². The van der Waals surface area contributed by atoms with E-state index in [2.05, 4.69) is 5.32 Å². The zero-order valence-corrected chi connectivity index (χ0v) is 16.0. The van der Waals surface area contributed by atoms with Crippen LogP contribution in [-0.4, -0.2) is 44.4 Å². The van der Waals surface area contributed by atoms with Crippen LogP contribution < -0.4 is 5.32 Å². The molecule has 0 aliphatic heterocycles. The lowest BCUT2D eigenvalue weighted by molar-refractivity contribution is -0.151. The van der Waals surface area contributed by atoms with Gasteiger partial charge in [0.1, 0.15) is 0 Å². The van der Waals surface area contributed by atoms with Gasteiger partial charge in [-0.25, -0.2) is 4.79 Å². The maximum absolute atomic E-state index is 12.4. The van der Waals surface area contributed by atoms with Gasteiger partial charge in [-0.1, -0.05) is 12.1 Å². The summed E-state index contributed by atoms with van der Waals surface area (Å²) in [6, 6.07) is 7.92. The van der Waals surface area contributed by atoms with Crippen LogP contribution in [0.25, 0.3) is 6.08 Å². The third kappa shape index (κ3) is 6.46. The Morgan fingerprint density at radius 1 is 0.966 bits per heavy atom. The molecule has 2 aromatic carbocycles. The normalized spacial score (nSPS) is 12.1. The molecule has 0 saturated heterocycles. The molecule has 8 nitrogen and oxygen atoms in total. The number of amides is 1. The average molecular weight is 401 g/mol. The molecule has 0 saturated carbocycles. The van der Waals surface area contributed by atoms with Crippen molar-refractivity contribution in [1.29, 1.82) is 0 Å². The monoisotopic (exact) mass is 401 g/mol. The predicted molar refractivity (Wildman–Crippen MR) is 105 cm³/mol. The number of phenolic OH excluding ortho intramolecular Hbond substituents is 4. The quantitative estimate of drug-likeness (QED) is 0.272. The number of carbonyl (C=O) groups is 2. The maximum atomic E-state index is 12.4. The summed E-state index contributed by atoms with van der Waals surface area (Å²) < 4.78 is 5.27. The van der Waals surface area contributed by atoms with E-state index in [9.17, 15) is 30.0 Å². The smallest absolute Gasteiger partial charge is 0.331 e. The highest BCUT2D eigenvalue weighted by molar-refractivity contribution is 5.90. The van der Waals surface area contributed by atoms with Crippen molar-refractivity contribution in [3.63, 3.8) is 0 Å². The van der Waals surface area contributed by atoms with Gasteiger partial charge in [-0.15, -0.1) is 0 Å². The molecule has 0 bridgehead atoms. The Morgan fingerprint density at radius 2 is 1.59 bits per heavy atom. The number of carbonyl (C=O) groups excluding carboxylic acids is 2. The zero-order valence-electron chi connectivity index (χ0n) is 16.0. The Morgan fingerprint density at radius 3 is 2.17 bits per heavy atom. The highest BCUT2D eigenvalue weighted by atomic mass is 16.5. The third-order valence-electron chi connectivity index (χ3n) is 3.85. The Balaban J connectivity index is 2.13.